The van der Waals surface area contributed by atoms with Crippen molar-refractivity contribution in [3.8, 4) is 23.8 Å². The van der Waals surface area contributed by atoms with Gasteiger partial charge < -0.3 is 14.9 Å². The van der Waals surface area contributed by atoms with Crippen LogP contribution in [0.5, 0.6) is 11.5 Å². The number of ether oxygens (including phenoxy) is 1. The number of amides is 2. The third-order valence-electron chi connectivity index (χ3n) is 2.74. The van der Waals surface area contributed by atoms with Crippen LogP contribution in [-0.2, 0) is 0 Å². The molecule has 5 nitrogen and oxygen atoms in total. The van der Waals surface area contributed by atoms with Crippen LogP contribution in [-0.4, -0.2) is 19.2 Å². The first-order valence-corrected chi connectivity index (χ1v) is 7.44. The molecular formula is C16H16N2O3S. The summed E-state index contributed by atoms with van der Waals surface area (Å²) in [5.41, 5.74) is 0. The highest BCUT2D eigenvalue weighted by Crippen LogP contribution is 2.25. The largest absolute Gasteiger partial charge is 0.497 e. The van der Waals surface area contributed by atoms with E-state index >= 15 is 0 Å². The number of nitrogens with zero attached hydrogens (tertiary/aromatic N) is 1. The highest BCUT2D eigenvalue weighted by atomic mass is 32.1. The van der Waals surface area contributed by atoms with Crippen molar-refractivity contribution in [1.82, 2.24) is 5.32 Å². The number of nitrogens with one attached hydrogen (secondary N) is 1. The molecule has 2 rings (SSSR count). The number of carbonyl (C=O) groups excluding carboxylic acids is 1. The molecule has 6 heteroatoms. The van der Waals surface area contributed by atoms with Crippen molar-refractivity contribution < 1.29 is 14.4 Å². The van der Waals surface area contributed by atoms with Crippen molar-refractivity contribution in [3.05, 3.63) is 41.8 Å². The summed E-state index contributed by atoms with van der Waals surface area (Å²) >= 11 is 1.38. The summed E-state index contributed by atoms with van der Waals surface area (Å²) in [7, 11) is 1.59. The fourth-order valence-electron chi connectivity index (χ4n) is 1.60. The molecule has 1 heterocycles. The number of methoxy groups -OCH3 is 1. The molecular weight excluding hydrogens is 300 g/mol. The normalized spacial score (nSPS) is 11.1. The van der Waals surface area contributed by atoms with Gasteiger partial charge in [0, 0.05) is 0 Å². The lowest BCUT2D eigenvalue weighted by Crippen LogP contribution is -2.45. The summed E-state index contributed by atoms with van der Waals surface area (Å²) in [4.78, 5) is 18.0. The number of urea groups is 1. The van der Waals surface area contributed by atoms with Crippen LogP contribution in [0.4, 0.5) is 9.80 Å². The Balaban J connectivity index is 2.17. The van der Waals surface area contributed by atoms with Gasteiger partial charge in [-0.3, -0.25) is 0 Å². The van der Waals surface area contributed by atoms with E-state index in [0.717, 1.165) is 0 Å². The Kier molecular flexibility index (Phi) is 5.28. The first kappa shape index (κ1) is 15.7. The van der Waals surface area contributed by atoms with Crippen LogP contribution in [0.2, 0.25) is 0 Å². The lowest BCUT2D eigenvalue weighted by atomic mass is 10.3. The van der Waals surface area contributed by atoms with E-state index in [2.05, 4.69) is 11.2 Å². The van der Waals surface area contributed by atoms with Crippen LogP contribution in [0.15, 0.2) is 41.8 Å². The van der Waals surface area contributed by atoms with E-state index in [1.54, 1.807) is 44.4 Å². The van der Waals surface area contributed by atoms with Crippen LogP contribution in [0.3, 0.4) is 0 Å². The number of hydrogen-bond donors (Lipinski definition) is 1. The summed E-state index contributed by atoms with van der Waals surface area (Å²) in [6.45, 7) is 1.72. The van der Waals surface area contributed by atoms with Crippen LogP contribution >= 0.6 is 11.3 Å². The number of terminal acetylenes is 1. The zero-order valence-electron chi connectivity index (χ0n) is 12.3. The minimum atomic E-state index is -0.427. The monoisotopic (exact) mass is 316 g/mol. The maximum atomic E-state index is 12.3. The number of hydrogen-bond acceptors (Lipinski definition) is 4. The summed E-state index contributed by atoms with van der Waals surface area (Å²) in [5.74, 6) is 3.67. The van der Waals surface area contributed by atoms with Crippen molar-refractivity contribution in [1.29, 1.82) is 0 Å². The number of benzene rings is 1. The minimum absolute atomic E-state index is 0.394. The lowest BCUT2D eigenvalue weighted by molar-refractivity contribution is 0.212. The third kappa shape index (κ3) is 3.93. The fraction of sp³-hybridized carbons (Fsp3) is 0.188. The summed E-state index contributed by atoms with van der Waals surface area (Å²) < 4.78 is 5.09. The van der Waals surface area contributed by atoms with Gasteiger partial charge in [-0.1, -0.05) is 5.92 Å². The van der Waals surface area contributed by atoms with Gasteiger partial charge >= 0.3 is 6.03 Å². The van der Waals surface area contributed by atoms with E-state index < -0.39 is 12.1 Å². The van der Waals surface area contributed by atoms with Gasteiger partial charge in [-0.2, -0.15) is 0 Å². The Morgan fingerprint density at radius 1 is 1.32 bits per heavy atom. The number of rotatable bonds is 5. The fourth-order valence-corrected chi connectivity index (χ4v) is 2.27. The third-order valence-corrected chi connectivity index (χ3v) is 3.57. The predicted octanol–water partition coefficient (Wildman–Crippen LogP) is 3.29. The van der Waals surface area contributed by atoms with Crippen LogP contribution < -0.4 is 20.0 Å². The maximum absolute atomic E-state index is 12.3. The van der Waals surface area contributed by atoms with E-state index in [4.69, 9.17) is 16.0 Å². The van der Waals surface area contributed by atoms with Gasteiger partial charge in [0.1, 0.15) is 10.8 Å². The van der Waals surface area contributed by atoms with Gasteiger partial charge in [0.15, 0.2) is 5.75 Å². The smallest absolute Gasteiger partial charge is 0.357 e. The molecule has 0 radical (unpaired) electrons. The van der Waals surface area contributed by atoms with Gasteiger partial charge in [0.05, 0.1) is 13.2 Å². The second-order valence-electron chi connectivity index (χ2n) is 4.35. The number of anilines is 1. The average molecular weight is 316 g/mol. The highest BCUT2D eigenvalue weighted by molar-refractivity contribution is 7.14. The zero-order chi connectivity index (χ0) is 15.9. The molecule has 1 atom stereocenters. The highest BCUT2D eigenvalue weighted by Gasteiger charge is 2.20. The van der Waals surface area contributed by atoms with Gasteiger partial charge in [-0.15, -0.1) is 22.8 Å². The van der Waals surface area contributed by atoms with E-state index in [0.29, 0.717) is 16.5 Å². The molecule has 2 amide bonds. The molecule has 0 aliphatic rings. The van der Waals surface area contributed by atoms with Crippen molar-refractivity contribution in [2.75, 3.05) is 12.2 Å². The van der Waals surface area contributed by atoms with Crippen LogP contribution in [0.1, 0.15) is 6.92 Å². The zero-order valence-corrected chi connectivity index (χ0v) is 13.1. The number of carbonyl (C=O) groups is 1. The molecule has 0 spiro atoms. The molecule has 114 valence electrons. The number of hydroxylamine groups is 1. The van der Waals surface area contributed by atoms with Crippen molar-refractivity contribution in [2.45, 2.75) is 13.0 Å². The van der Waals surface area contributed by atoms with E-state index in [1.807, 2.05) is 11.4 Å². The maximum Gasteiger partial charge on any atom is 0.357 e. The van der Waals surface area contributed by atoms with E-state index in [1.165, 1.54) is 16.4 Å². The summed E-state index contributed by atoms with van der Waals surface area (Å²) in [5, 5.41) is 6.36. The first-order valence-electron chi connectivity index (χ1n) is 6.56. The quantitative estimate of drug-likeness (QED) is 0.680. The lowest BCUT2D eigenvalue weighted by Gasteiger charge is -2.22. The Labute approximate surface area is 133 Å². The first-order chi connectivity index (χ1) is 10.6. The van der Waals surface area contributed by atoms with Crippen LogP contribution in [0, 0.1) is 12.3 Å². The molecule has 0 saturated carbocycles. The van der Waals surface area contributed by atoms with Gasteiger partial charge in [0.2, 0.25) is 0 Å². The molecule has 1 N–H and O–H groups in total. The molecule has 0 bridgehead atoms. The van der Waals surface area contributed by atoms with E-state index in [9.17, 15) is 4.79 Å². The standard InChI is InChI=1S/C16H16N2O3S/c1-4-12(2)17-16(19)18(15-6-5-11-22-15)21-14-9-7-13(20-3)8-10-14/h1,5-12H,2-3H3,(H,17,19). The summed E-state index contributed by atoms with van der Waals surface area (Å²) in [6.07, 6.45) is 5.29. The Hall–Kier alpha value is -2.65. The molecule has 0 saturated heterocycles. The summed E-state index contributed by atoms with van der Waals surface area (Å²) in [6, 6.07) is 9.75. The van der Waals surface area contributed by atoms with Gasteiger partial charge in [-0.05, 0) is 48.7 Å². The molecule has 0 aliphatic carbocycles. The van der Waals surface area contributed by atoms with Crippen molar-refractivity contribution in [3.63, 3.8) is 0 Å². The Morgan fingerprint density at radius 3 is 2.55 bits per heavy atom. The average Bonchev–Trinajstić information content (AvgIpc) is 3.07. The molecule has 0 aliphatic heterocycles. The van der Waals surface area contributed by atoms with Gasteiger partial charge in [0.25, 0.3) is 0 Å². The second-order valence-corrected chi connectivity index (χ2v) is 5.28. The van der Waals surface area contributed by atoms with Crippen molar-refractivity contribution >= 4 is 22.4 Å². The van der Waals surface area contributed by atoms with E-state index in [-0.39, 0.29) is 0 Å². The van der Waals surface area contributed by atoms with Crippen molar-refractivity contribution in [2.24, 2.45) is 0 Å². The predicted molar refractivity (Wildman–Crippen MR) is 87.2 cm³/mol. The SMILES string of the molecule is C#CC(C)NC(=O)N(Oc1ccc(OC)cc1)c1cccs1. The molecule has 1 aromatic heterocycles. The molecule has 1 unspecified atom stereocenters. The molecule has 22 heavy (non-hydrogen) atoms. The Bertz CT molecular complexity index is 647. The second kappa shape index (κ2) is 7.38. The number of thiophene rings is 1. The molecule has 1 aromatic carbocycles. The topological polar surface area (TPSA) is 50.8 Å². The Morgan fingerprint density at radius 2 is 2.00 bits per heavy atom. The van der Waals surface area contributed by atoms with Crippen LogP contribution in [0.25, 0.3) is 0 Å². The molecule has 2 aromatic rings. The van der Waals surface area contributed by atoms with Gasteiger partial charge in [-0.25, -0.2) is 4.79 Å². The minimum Gasteiger partial charge on any atom is -0.497 e. The molecule has 0 fully saturated rings.